The van der Waals surface area contributed by atoms with Gasteiger partial charge in [0.2, 0.25) is 0 Å². The second-order valence-electron chi connectivity index (χ2n) is 3.90. The average molecular weight is 229 g/mol. The molecule has 0 bridgehead atoms. The van der Waals surface area contributed by atoms with Gasteiger partial charge in [-0.1, -0.05) is 17.7 Å². The van der Waals surface area contributed by atoms with Crippen LogP contribution in [0.4, 0.5) is 0 Å². The summed E-state index contributed by atoms with van der Waals surface area (Å²) in [5, 5.41) is 10.5. The zero-order chi connectivity index (χ0) is 11.4. The van der Waals surface area contributed by atoms with E-state index < -0.39 is 6.10 Å². The minimum absolute atomic E-state index is 0.124. The first-order valence-electron chi connectivity index (χ1n) is 5.06. The van der Waals surface area contributed by atoms with E-state index in [2.05, 4.69) is 0 Å². The molecule has 0 spiro atoms. The van der Waals surface area contributed by atoms with E-state index in [0.29, 0.717) is 11.6 Å². The Bertz CT molecular complexity index is 323. The molecule has 0 aliphatic heterocycles. The zero-order valence-electron chi connectivity index (χ0n) is 9.33. The summed E-state index contributed by atoms with van der Waals surface area (Å²) in [7, 11) is 0. The first-order chi connectivity index (χ1) is 7.00. The third-order valence-corrected chi connectivity index (χ3v) is 2.42. The van der Waals surface area contributed by atoms with Gasteiger partial charge in [-0.05, 0) is 44.0 Å². The molecule has 1 aromatic rings. The van der Waals surface area contributed by atoms with Gasteiger partial charge >= 0.3 is 0 Å². The van der Waals surface area contributed by atoms with E-state index in [4.69, 9.17) is 16.3 Å². The third kappa shape index (κ3) is 3.82. The second kappa shape index (κ2) is 5.50. The maximum atomic E-state index is 9.89. The molecule has 0 aliphatic rings. The fraction of sp³-hybridized carbons (Fsp3) is 0.500. The van der Waals surface area contributed by atoms with Crippen LogP contribution in [0.1, 0.15) is 31.1 Å². The van der Waals surface area contributed by atoms with Gasteiger partial charge in [0.05, 0.1) is 12.7 Å². The highest BCUT2D eigenvalue weighted by Gasteiger charge is 2.11. The van der Waals surface area contributed by atoms with Crippen molar-refractivity contribution in [2.45, 2.75) is 33.0 Å². The molecule has 15 heavy (non-hydrogen) atoms. The van der Waals surface area contributed by atoms with Crippen LogP contribution in [0.25, 0.3) is 0 Å². The van der Waals surface area contributed by atoms with Gasteiger partial charge in [0.1, 0.15) is 6.10 Å². The highest BCUT2D eigenvalue weighted by Crippen LogP contribution is 2.22. The van der Waals surface area contributed by atoms with E-state index in [-0.39, 0.29) is 6.10 Å². The molecule has 0 aromatic heterocycles. The van der Waals surface area contributed by atoms with Crippen molar-refractivity contribution in [2.75, 3.05) is 6.61 Å². The summed E-state index contributed by atoms with van der Waals surface area (Å²) in [6.45, 7) is 6.14. The molecule has 0 saturated carbocycles. The molecular formula is C12H17ClO2. The van der Waals surface area contributed by atoms with Crippen molar-refractivity contribution in [1.82, 2.24) is 0 Å². The molecule has 1 N–H and O–H groups in total. The molecule has 1 rings (SSSR count). The lowest BCUT2D eigenvalue weighted by molar-refractivity contribution is 0.00470. The van der Waals surface area contributed by atoms with E-state index >= 15 is 0 Å². The highest BCUT2D eigenvalue weighted by molar-refractivity contribution is 6.30. The Morgan fingerprint density at radius 2 is 2.07 bits per heavy atom. The number of aryl methyl sites for hydroxylation is 1. The second-order valence-corrected chi connectivity index (χ2v) is 4.34. The minimum Gasteiger partial charge on any atom is -0.386 e. The molecule has 1 aromatic carbocycles. The van der Waals surface area contributed by atoms with Crippen LogP contribution in [0.15, 0.2) is 18.2 Å². The largest absolute Gasteiger partial charge is 0.386 e. The molecule has 0 heterocycles. The first kappa shape index (κ1) is 12.5. The molecular weight excluding hydrogens is 212 g/mol. The molecule has 0 radical (unpaired) electrons. The van der Waals surface area contributed by atoms with E-state index in [1.54, 1.807) is 6.07 Å². The lowest BCUT2D eigenvalue weighted by Crippen LogP contribution is -2.12. The lowest BCUT2D eigenvalue weighted by atomic mass is 10.0. The van der Waals surface area contributed by atoms with Crippen LogP contribution in [0.2, 0.25) is 5.02 Å². The predicted octanol–water partition coefficient (Wildman–Crippen LogP) is 3.11. The van der Waals surface area contributed by atoms with Crippen LogP contribution in [-0.2, 0) is 4.74 Å². The molecule has 0 fully saturated rings. The Balaban J connectivity index is 2.72. The van der Waals surface area contributed by atoms with Gasteiger partial charge in [0.25, 0.3) is 0 Å². The summed E-state index contributed by atoms with van der Waals surface area (Å²) in [5.74, 6) is 0. The zero-order valence-corrected chi connectivity index (χ0v) is 10.1. The van der Waals surface area contributed by atoms with Gasteiger partial charge in [-0.2, -0.15) is 0 Å². The maximum Gasteiger partial charge on any atom is 0.103 e. The number of rotatable bonds is 4. The van der Waals surface area contributed by atoms with Gasteiger partial charge in [0, 0.05) is 5.02 Å². The van der Waals surface area contributed by atoms with E-state index in [1.165, 1.54) is 0 Å². The average Bonchev–Trinajstić information content (AvgIpc) is 2.18. The van der Waals surface area contributed by atoms with Crippen molar-refractivity contribution >= 4 is 11.6 Å². The molecule has 0 aliphatic carbocycles. The van der Waals surface area contributed by atoms with Crippen LogP contribution in [0.3, 0.4) is 0 Å². The van der Waals surface area contributed by atoms with Gasteiger partial charge in [-0.3, -0.25) is 0 Å². The summed E-state index contributed by atoms with van der Waals surface area (Å²) in [4.78, 5) is 0. The molecule has 2 nitrogen and oxygen atoms in total. The smallest absolute Gasteiger partial charge is 0.103 e. The van der Waals surface area contributed by atoms with Gasteiger partial charge in [-0.25, -0.2) is 0 Å². The number of hydrogen-bond acceptors (Lipinski definition) is 2. The normalized spacial score (nSPS) is 13.2. The van der Waals surface area contributed by atoms with Gasteiger partial charge < -0.3 is 9.84 Å². The van der Waals surface area contributed by atoms with E-state index in [0.717, 1.165) is 11.1 Å². The molecule has 1 atom stereocenters. The first-order valence-corrected chi connectivity index (χ1v) is 5.44. The van der Waals surface area contributed by atoms with Crippen molar-refractivity contribution in [3.05, 3.63) is 34.3 Å². The Morgan fingerprint density at radius 3 is 2.67 bits per heavy atom. The van der Waals surface area contributed by atoms with Gasteiger partial charge in [0.15, 0.2) is 0 Å². The van der Waals surface area contributed by atoms with Crippen molar-refractivity contribution in [1.29, 1.82) is 0 Å². The summed E-state index contributed by atoms with van der Waals surface area (Å²) in [5.41, 5.74) is 1.86. The fourth-order valence-electron chi connectivity index (χ4n) is 1.34. The highest BCUT2D eigenvalue weighted by atomic mass is 35.5. The van der Waals surface area contributed by atoms with Crippen LogP contribution >= 0.6 is 11.6 Å². The summed E-state index contributed by atoms with van der Waals surface area (Å²) in [6.07, 6.45) is -0.481. The number of ether oxygens (including phenoxy) is 1. The molecule has 3 heteroatoms. The number of aliphatic hydroxyl groups excluding tert-OH is 1. The molecule has 0 amide bonds. The lowest BCUT2D eigenvalue weighted by Gasteiger charge is -2.16. The monoisotopic (exact) mass is 228 g/mol. The van der Waals surface area contributed by atoms with Crippen molar-refractivity contribution in [3.8, 4) is 0 Å². The quantitative estimate of drug-likeness (QED) is 0.858. The van der Waals surface area contributed by atoms with Gasteiger partial charge in [-0.15, -0.1) is 0 Å². The maximum absolute atomic E-state index is 9.89. The van der Waals surface area contributed by atoms with Crippen molar-refractivity contribution in [3.63, 3.8) is 0 Å². The fourth-order valence-corrected chi connectivity index (χ4v) is 1.52. The summed E-state index contributed by atoms with van der Waals surface area (Å²) in [6, 6.07) is 5.50. The Kier molecular flexibility index (Phi) is 4.58. The summed E-state index contributed by atoms with van der Waals surface area (Å²) < 4.78 is 5.36. The molecule has 84 valence electrons. The van der Waals surface area contributed by atoms with Crippen molar-refractivity contribution in [2.24, 2.45) is 0 Å². The van der Waals surface area contributed by atoms with Crippen LogP contribution in [0, 0.1) is 6.92 Å². The molecule has 0 saturated heterocycles. The van der Waals surface area contributed by atoms with Crippen molar-refractivity contribution < 1.29 is 9.84 Å². The number of aliphatic hydroxyl groups is 1. The summed E-state index contributed by atoms with van der Waals surface area (Å²) >= 11 is 5.87. The standard InChI is InChI=1S/C12H17ClO2/c1-8(2)15-7-12(14)11-6-10(13)5-4-9(11)3/h4-6,8,12,14H,7H2,1-3H3. The Labute approximate surface area is 95.8 Å². The number of halogens is 1. The Hall–Kier alpha value is -0.570. The van der Waals surface area contributed by atoms with Crippen LogP contribution in [0.5, 0.6) is 0 Å². The van der Waals surface area contributed by atoms with Crippen LogP contribution < -0.4 is 0 Å². The van der Waals surface area contributed by atoms with E-state index in [1.807, 2.05) is 32.9 Å². The Morgan fingerprint density at radius 1 is 1.40 bits per heavy atom. The minimum atomic E-state index is -0.605. The number of benzene rings is 1. The van der Waals surface area contributed by atoms with E-state index in [9.17, 15) is 5.11 Å². The number of hydrogen-bond donors (Lipinski definition) is 1. The van der Waals surface area contributed by atoms with Crippen LogP contribution in [-0.4, -0.2) is 17.8 Å². The molecule has 1 unspecified atom stereocenters. The third-order valence-electron chi connectivity index (χ3n) is 2.19. The predicted molar refractivity (Wildman–Crippen MR) is 62.2 cm³/mol. The SMILES string of the molecule is Cc1ccc(Cl)cc1C(O)COC(C)C. The topological polar surface area (TPSA) is 29.5 Å².